The van der Waals surface area contributed by atoms with Crippen molar-refractivity contribution in [3.63, 3.8) is 0 Å². The highest BCUT2D eigenvalue weighted by Gasteiger charge is 2.17. The zero-order valence-corrected chi connectivity index (χ0v) is 15.2. The summed E-state index contributed by atoms with van der Waals surface area (Å²) in [5.41, 5.74) is 1.73. The van der Waals surface area contributed by atoms with Crippen LogP contribution in [0, 0.1) is 5.82 Å². The highest BCUT2D eigenvalue weighted by Crippen LogP contribution is 2.19. The minimum atomic E-state index is -0.296. The van der Waals surface area contributed by atoms with Crippen LogP contribution in [0.3, 0.4) is 0 Å². The summed E-state index contributed by atoms with van der Waals surface area (Å²) >= 11 is 0. The third-order valence-corrected chi connectivity index (χ3v) is 4.03. The first-order chi connectivity index (χ1) is 12.5. The Hall–Kier alpha value is -2.67. The monoisotopic (exact) mass is 361 g/mol. The fraction of sp³-hybridized carbons (Fsp3) is 0.368. The Kier molecular flexibility index (Phi) is 7.35. The average molecular weight is 361 g/mol. The van der Waals surface area contributed by atoms with Crippen LogP contribution in [0.25, 0.3) is 0 Å². The lowest BCUT2D eigenvalue weighted by Gasteiger charge is -2.25. The first-order valence-corrected chi connectivity index (χ1v) is 8.34. The van der Waals surface area contributed by atoms with Gasteiger partial charge in [-0.15, -0.1) is 0 Å². The SMILES string of the molecule is COCCOc1ccc(CNC(=O)N(C)C(C)c2ccc(F)cc2)cn1. The molecule has 0 spiro atoms. The average Bonchev–Trinajstić information content (AvgIpc) is 2.66. The van der Waals surface area contributed by atoms with E-state index in [0.717, 1.165) is 11.1 Å². The molecule has 140 valence electrons. The molecule has 0 aliphatic rings. The molecule has 1 heterocycles. The number of carbonyl (C=O) groups is 1. The molecule has 6 nitrogen and oxygen atoms in total. The molecule has 26 heavy (non-hydrogen) atoms. The van der Waals surface area contributed by atoms with Crippen molar-refractivity contribution < 1.29 is 18.7 Å². The number of rotatable bonds is 8. The number of nitrogens with zero attached hydrogens (tertiary/aromatic N) is 2. The van der Waals surface area contributed by atoms with E-state index in [1.54, 1.807) is 43.5 Å². The van der Waals surface area contributed by atoms with Crippen LogP contribution < -0.4 is 10.1 Å². The highest BCUT2D eigenvalue weighted by atomic mass is 19.1. The van der Waals surface area contributed by atoms with Crippen LogP contribution in [0.5, 0.6) is 5.88 Å². The van der Waals surface area contributed by atoms with Gasteiger partial charge in [-0.3, -0.25) is 0 Å². The number of nitrogens with one attached hydrogen (secondary N) is 1. The van der Waals surface area contributed by atoms with Crippen molar-refractivity contribution in [2.45, 2.75) is 19.5 Å². The molecule has 1 N–H and O–H groups in total. The molecule has 0 fully saturated rings. The number of ether oxygens (including phenoxy) is 2. The fourth-order valence-corrected chi connectivity index (χ4v) is 2.27. The summed E-state index contributed by atoms with van der Waals surface area (Å²) in [4.78, 5) is 18.1. The van der Waals surface area contributed by atoms with E-state index in [0.29, 0.717) is 25.6 Å². The normalized spacial score (nSPS) is 11.7. The summed E-state index contributed by atoms with van der Waals surface area (Å²) in [7, 11) is 3.31. The molecule has 2 rings (SSSR count). The smallest absolute Gasteiger partial charge is 0.317 e. The predicted octanol–water partition coefficient (Wildman–Crippen LogP) is 3.15. The Bertz CT molecular complexity index is 692. The second kappa shape index (κ2) is 9.72. The lowest BCUT2D eigenvalue weighted by molar-refractivity contribution is 0.143. The van der Waals surface area contributed by atoms with Crippen molar-refractivity contribution >= 4 is 6.03 Å². The van der Waals surface area contributed by atoms with Crippen molar-refractivity contribution in [1.29, 1.82) is 0 Å². The maximum atomic E-state index is 13.0. The third-order valence-electron chi connectivity index (χ3n) is 4.03. The standard InChI is InChI=1S/C19H24FN3O3/c1-14(16-5-7-17(20)8-6-16)23(2)19(24)22-13-15-4-9-18(21-12-15)26-11-10-25-3/h4-9,12,14H,10-11,13H2,1-3H3,(H,22,24). The molecule has 0 aliphatic heterocycles. The van der Waals surface area contributed by atoms with Crippen molar-refractivity contribution in [3.05, 3.63) is 59.5 Å². The molecule has 7 heteroatoms. The molecular weight excluding hydrogens is 337 g/mol. The number of amides is 2. The molecule has 0 bridgehead atoms. The molecule has 2 aromatic rings. The number of hydrogen-bond donors (Lipinski definition) is 1. The Morgan fingerprint density at radius 1 is 1.23 bits per heavy atom. The summed E-state index contributed by atoms with van der Waals surface area (Å²) < 4.78 is 23.3. The Balaban J connectivity index is 1.84. The Morgan fingerprint density at radius 3 is 2.58 bits per heavy atom. The van der Waals surface area contributed by atoms with Crippen LogP contribution in [0.2, 0.25) is 0 Å². The fourth-order valence-electron chi connectivity index (χ4n) is 2.27. The number of halogens is 1. The van der Waals surface area contributed by atoms with Gasteiger partial charge in [0.25, 0.3) is 0 Å². The lowest BCUT2D eigenvalue weighted by Crippen LogP contribution is -2.38. The minimum absolute atomic E-state index is 0.176. The summed E-state index contributed by atoms with van der Waals surface area (Å²) in [5.74, 6) is 0.217. The van der Waals surface area contributed by atoms with Crippen molar-refractivity contribution in [2.24, 2.45) is 0 Å². The number of hydrogen-bond acceptors (Lipinski definition) is 4. The third kappa shape index (κ3) is 5.70. The molecule has 0 aliphatic carbocycles. The molecule has 0 saturated carbocycles. The minimum Gasteiger partial charge on any atom is -0.475 e. The van der Waals surface area contributed by atoms with E-state index in [2.05, 4.69) is 10.3 Å². The number of urea groups is 1. The van der Waals surface area contributed by atoms with E-state index in [1.165, 1.54) is 12.1 Å². The van der Waals surface area contributed by atoms with E-state index in [4.69, 9.17) is 9.47 Å². The number of aromatic nitrogens is 1. The van der Waals surface area contributed by atoms with Gasteiger partial charge in [0, 0.05) is 33.0 Å². The molecule has 1 aromatic carbocycles. The summed E-state index contributed by atoms with van der Waals surface area (Å²) in [6.07, 6.45) is 1.66. The zero-order valence-electron chi connectivity index (χ0n) is 15.2. The van der Waals surface area contributed by atoms with Gasteiger partial charge in [0.2, 0.25) is 5.88 Å². The van der Waals surface area contributed by atoms with Gasteiger partial charge in [0.15, 0.2) is 0 Å². The number of pyridine rings is 1. The summed E-state index contributed by atoms with van der Waals surface area (Å²) in [6.45, 7) is 3.18. The van der Waals surface area contributed by atoms with Crippen molar-refractivity contribution in [3.8, 4) is 5.88 Å². The van der Waals surface area contributed by atoms with Crippen LogP contribution in [0.1, 0.15) is 24.1 Å². The van der Waals surface area contributed by atoms with Crippen LogP contribution in [-0.2, 0) is 11.3 Å². The van der Waals surface area contributed by atoms with Gasteiger partial charge in [-0.2, -0.15) is 0 Å². The van der Waals surface area contributed by atoms with Gasteiger partial charge in [-0.25, -0.2) is 14.2 Å². The van der Waals surface area contributed by atoms with Crippen molar-refractivity contribution in [2.75, 3.05) is 27.4 Å². The maximum absolute atomic E-state index is 13.0. The van der Waals surface area contributed by atoms with Crippen molar-refractivity contribution in [1.82, 2.24) is 15.2 Å². The Morgan fingerprint density at radius 2 is 1.96 bits per heavy atom. The lowest BCUT2D eigenvalue weighted by atomic mass is 10.1. The second-order valence-electron chi connectivity index (χ2n) is 5.84. The number of methoxy groups -OCH3 is 1. The maximum Gasteiger partial charge on any atom is 0.317 e. The van der Waals surface area contributed by atoms with Crippen LogP contribution >= 0.6 is 0 Å². The van der Waals surface area contributed by atoms with Gasteiger partial charge in [0.05, 0.1) is 12.6 Å². The van der Waals surface area contributed by atoms with E-state index < -0.39 is 0 Å². The molecule has 0 radical (unpaired) electrons. The molecule has 1 aromatic heterocycles. The van der Waals surface area contributed by atoms with Gasteiger partial charge < -0.3 is 19.7 Å². The molecule has 2 amide bonds. The van der Waals surface area contributed by atoms with E-state index >= 15 is 0 Å². The number of carbonyl (C=O) groups excluding carboxylic acids is 1. The Labute approximate surface area is 152 Å². The topological polar surface area (TPSA) is 63.7 Å². The van der Waals surface area contributed by atoms with Crippen LogP contribution in [0.15, 0.2) is 42.6 Å². The van der Waals surface area contributed by atoms with Crippen LogP contribution in [0.4, 0.5) is 9.18 Å². The molecule has 1 unspecified atom stereocenters. The van der Waals surface area contributed by atoms with E-state index in [9.17, 15) is 9.18 Å². The quantitative estimate of drug-likeness (QED) is 0.734. The largest absolute Gasteiger partial charge is 0.475 e. The van der Waals surface area contributed by atoms with Crippen LogP contribution in [-0.4, -0.2) is 43.3 Å². The molecular formula is C19H24FN3O3. The number of benzene rings is 1. The first kappa shape index (κ1) is 19.7. The molecule has 0 saturated heterocycles. The summed E-state index contributed by atoms with van der Waals surface area (Å²) in [6, 6.07) is 9.33. The van der Waals surface area contributed by atoms with Gasteiger partial charge in [-0.05, 0) is 30.2 Å². The van der Waals surface area contributed by atoms with Gasteiger partial charge in [0.1, 0.15) is 12.4 Å². The van der Waals surface area contributed by atoms with Gasteiger partial charge >= 0.3 is 6.03 Å². The van der Waals surface area contributed by atoms with Gasteiger partial charge in [-0.1, -0.05) is 18.2 Å². The summed E-state index contributed by atoms with van der Waals surface area (Å²) in [5, 5.41) is 2.84. The first-order valence-electron chi connectivity index (χ1n) is 8.34. The van der Waals surface area contributed by atoms with E-state index in [-0.39, 0.29) is 17.9 Å². The predicted molar refractivity (Wildman–Crippen MR) is 96.4 cm³/mol. The zero-order chi connectivity index (χ0) is 18.9. The second-order valence-corrected chi connectivity index (χ2v) is 5.84. The highest BCUT2D eigenvalue weighted by molar-refractivity contribution is 5.74. The molecule has 1 atom stereocenters. The van der Waals surface area contributed by atoms with E-state index in [1.807, 2.05) is 13.0 Å².